The number of aromatic amines is 1. The summed E-state index contributed by atoms with van der Waals surface area (Å²) < 4.78 is 13.0. The number of hydrogen-bond acceptors (Lipinski definition) is 4. The number of thiazole rings is 1. The number of hydrogen-bond donors (Lipinski definition) is 1. The molecule has 0 fully saturated rings. The van der Waals surface area contributed by atoms with E-state index in [2.05, 4.69) is 20.2 Å². The van der Waals surface area contributed by atoms with Crippen molar-refractivity contribution in [1.82, 2.24) is 20.2 Å². The maximum absolute atomic E-state index is 13.0. The van der Waals surface area contributed by atoms with Crippen molar-refractivity contribution in [2.45, 2.75) is 0 Å². The monoisotopic (exact) mass is 280 g/mol. The normalized spacial score (nSPS) is 10.8. The largest absolute Gasteiger partial charge is 0.257 e. The van der Waals surface area contributed by atoms with Gasteiger partial charge < -0.3 is 0 Å². The molecular formula is C11H6ClFN4S. The molecule has 1 aromatic carbocycles. The van der Waals surface area contributed by atoms with Crippen molar-refractivity contribution < 1.29 is 4.39 Å². The average molecular weight is 281 g/mol. The van der Waals surface area contributed by atoms with Gasteiger partial charge in [-0.1, -0.05) is 11.6 Å². The van der Waals surface area contributed by atoms with Crippen LogP contribution in [0.2, 0.25) is 5.02 Å². The van der Waals surface area contributed by atoms with Crippen LogP contribution in [0.15, 0.2) is 29.9 Å². The van der Waals surface area contributed by atoms with Crippen LogP contribution in [0.4, 0.5) is 4.39 Å². The quantitative estimate of drug-likeness (QED) is 0.783. The summed E-state index contributed by atoms with van der Waals surface area (Å²) in [5.74, 6) is 0.235. The summed E-state index contributed by atoms with van der Waals surface area (Å²) in [6.45, 7) is 0. The topological polar surface area (TPSA) is 54.5 Å². The second kappa shape index (κ2) is 4.47. The lowest BCUT2D eigenvalue weighted by Crippen LogP contribution is -1.83. The molecule has 3 rings (SSSR count). The first-order valence-electron chi connectivity index (χ1n) is 5.01. The van der Waals surface area contributed by atoms with Gasteiger partial charge in [0.1, 0.15) is 12.1 Å². The molecule has 0 radical (unpaired) electrons. The summed E-state index contributed by atoms with van der Waals surface area (Å²) in [6, 6.07) is 4.23. The summed E-state index contributed by atoms with van der Waals surface area (Å²) in [4.78, 5) is 8.41. The Labute approximate surface area is 110 Å². The summed E-state index contributed by atoms with van der Waals surface area (Å²) in [5, 5.41) is 9.39. The second-order valence-electron chi connectivity index (χ2n) is 3.50. The van der Waals surface area contributed by atoms with E-state index in [4.69, 9.17) is 11.6 Å². The van der Waals surface area contributed by atoms with Crippen molar-refractivity contribution >= 4 is 22.9 Å². The first-order chi connectivity index (χ1) is 8.74. The van der Waals surface area contributed by atoms with Gasteiger partial charge in [-0.3, -0.25) is 5.10 Å². The van der Waals surface area contributed by atoms with Gasteiger partial charge in [0.25, 0.3) is 0 Å². The summed E-state index contributed by atoms with van der Waals surface area (Å²) in [7, 11) is 0. The van der Waals surface area contributed by atoms with Gasteiger partial charge in [-0.25, -0.2) is 14.4 Å². The van der Waals surface area contributed by atoms with Crippen LogP contribution in [0.1, 0.15) is 0 Å². The molecule has 90 valence electrons. The van der Waals surface area contributed by atoms with Crippen LogP contribution < -0.4 is 0 Å². The highest BCUT2D eigenvalue weighted by Gasteiger charge is 2.11. The molecule has 0 atom stereocenters. The van der Waals surface area contributed by atoms with E-state index < -0.39 is 0 Å². The Bertz CT molecular complexity index is 680. The zero-order valence-electron chi connectivity index (χ0n) is 8.89. The van der Waals surface area contributed by atoms with E-state index in [0.29, 0.717) is 27.1 Å². The fraction of sp³-hybridized carbons (Fsp3) is 0. The molecule has 0 saturated carbocycles. The van der Waals surface area contributed by atoms with E-state index in [-0.39, 0.29) is 5.82 Å². The van der Waals surface area contributed by atoms with E-state index >= 15 is 0 Å². The number of nitrogens with one attached hydrogen (secondary N) is 1. The van der Waals surface area contributed by atoms with Crippen molar-refractivity contribution in [2.24, 2.45) is 0 Å². The van der Waals surface area contributed by atoms with Crippen molar-refractivity contribution in [3.63, 3.8) is 0 Å². The zero-order chi connectivity index (χ0) is 12.5. The lowest BCUT2D eigenvalue weighted by atomic mass is 10.2. The molecule has 0 spiro atoms. The van der Waals surface area contributed by atoms with Crippen molar-refractivity contribution in [3.05, 3.63) is 40.7 Å². The van der Waals surface area contributed by atoms with Gasteiger partial charge in [0.2, 0.25) is 0 Å². The lowest BCUT2D eigenvalue weighted by molar-refractivity contribution is 0.628. The zero-order valence-corrected chi connectivity index (χ0v) is 10.5. The van der Waals surface area contributed by atoms with Crippen molar-refractivity contribution in [1.29, 1.82) is 0 Å². The smallest absolute Gasteiger partial charge is 0.184 e. The summed E-state index contributed by atoms with van der Waals surface area (Å²) in [5.41, 5.74) is 1.39. The van der Waals surface area contributed by atoms with Crippen molar-refractivity contribution in [2.75, 3.05) is 0 Å². The molecule has 3 aromatic rings. The predicted octanol–water partition coefficient (Wildman–Crippen LogP) is 3.39. The Hall–Kier alpha value is -1.79. The average Bonchev–Trinajstić information content (AvgIpc) is 2.99. The Morgan fingerprint density at radius 3 is 2.94 bits per heavy atom. The molecule has 0 aliphatic carbocycles. The van der Waals surface area contributed by atoms with Gasteiger partial charge in [0.05, 0.1) is 10.7 Å². The Morgan fingerprint density at radius 1 is 1.33 bits per heavy atom. The maximum Gasteiger partial charge on any atom is 0.184 e. The summed E-state index contributed by atoms with van der Waals surface area (Å²) in [6.07, 6.45) is 1.42. The van der Waals surface area contributed by atoms with Crippen LogP contribution in [-0.4, -0.2) is 20.2 Å². The number of halogens is 2. The molecular weight excluding hydrogens is 275 g/mol. The van der Waals surface area contributed by atoms with Crippen LogP contribution in [0.25, 0.3) is 22.1 Å². The third-order valence-electron chi connectivity index (χ3n) is 2.33. The molecule has 18 heavy (non-hydrogen) atoms. The lowest BCUT2D eigenvalue weighted by Gasteiger charge is -1.99. The minimum atomic E-state index is -0.366. The van der Waals surface area contributed by atoms with E-state index in [0.717, 1.165) is 0 Å². The van der Waals surface area contributed by atoms with Crippen LogP contribution >= 0.6 is 22.9 Å². The van der Waals surface area contributed by atoms with Crippen LogP contribution in [0.5, 0.6) is 0 Å². The maximum atomic E-state index is 13.0. The first kappa shape index (κ1) is 11.3. The van der Waals surface area contributed by atoms with Gasteiger partial charge in [-0.15, -0.1) is 11.3 Å². The van der Waals surface area contributed by atoms with E-state index in [1.165, 1.54) is 29.8 Å². The number of benzene rings is 1. The van der Waals surface area contributed by atoms with Gasteiger partial charge >= 0.3 is 0 Å². The molecule has 2 heterocycles. The van der Waals surface area contributed by atoms with Crippen LogP contribution in [-0.2, 0) is 0 Å². The van der Waals surface area contributed by atoms with Crippen LogP contribution in [0.3, 0.4) is 0 Å². The number of aromatic nitrogens is 4. The molecule has 2 aromatic heterocycles. The fourth-order valence-electron chi connectivity index (χ4n) is 1.51. The third kappa shape index (κ3) is 2.00. The Balaban J connectivity index is 2.03. The number of H-pyrrole nitrogens is 1. The number of rotatable bonds is 2. The Morgan fingerprint density at radius 2 is 2.22 bits per heavy atom. The molecule has 0 aliphatic rings. The standard InChI is InChI=1S/C11H6ClFN4S/c12-8-3-6(13)1-2-7(8)9-4-18-11(16-9)10-14-5-15-17-10/h1-5H,(H,14,15,17). The predicted molar refractivity (Wildman–Crippen MR) is 67.9 cm³/mol. The fourth-order valence-corrected chi connectivity index (χ4v) is 2.54. The molecule has 7 heteroatoms. The molecule has 1 N–H and O–H groups in total. The first-order valence-corrected chi connectivity index (χ1v) is 6.26. The SMILES string of the molecule is Fc1ccc(-c2csc(-c3ncn[nH]3)n2)c(Cl)c1. The van der Waals surface area contributed by atoms with Gasteiger partial charge in [0.15, 0.2) is 10.8 Å². The van der Waals surface area contributed by atoms with E-state index in [1.54, 1.807) is 6.07 Å². The second-order valence-corrected chi connectivity index (χ2v) is 4.76. The van der Waals surface area contributed by atoms with E-state index in [1.807, 2.05) is 5.38 Å². The Kier molecular flexibility index (Phi) is 2.81. The highest BCUT2D eigenvalue weighted by Crippen LogP contribution is 2.31. The molecule has 0 aliphatic heterocycles. The minimum absolute atomic E-state index is 0.337. The molecule has 0 saturated heterocycles. The molecule has 0 amide bonds. The number of nitrogens with zero attached hydrogens (tertiary/aromatic N) is 3. The van der Waals surface area contributed by atoms with Gasteiger partial charge in [-0.05, 0) is 18.2 Å². The highest BCUT2D eigenvalue weighted by molar-refractivity contribution is 7.13. The molecule has 4 nitrogen and oxygen atoms in total. The van der Waals surface area contributed by atoms with Gasteiger partial charge in [-0.2, -0.15) is 5.10 Å². The highest BCUT2D eigenvalue weighted by atomic mass is 35.5. The van der Waals surface area contributed by atoms with Gasteiger partial charge in [0, 0.05) is 10.9 Å². The third-order valence-corrected chi connectivity index (χ3v) is 3.49. The van der Waals surface area contributed by atoms with Crippen LogP contribution in [0, 0.1) is 5.82 Å². The molecule has 0 unspecified atom stereocenters. The summed E-state index contributed by atoms with van der Waals surface area (Å²) >= 11 is 7.40. The van der Waals surface area contributed by atoms with Crippen molar-refractivity contribution in [3.8, 4) is 22.1 Å². The minimum Gasteiger partial charge on any atom is -0.257 e. The van der Waals surface area contributed by atoms with E-state index in [9.17, 15) is 4.39 Å². The molecule has 0 bridgehead atoms.